The van der Waals surface area contributed by atoms with Crippen LogP contribution < -0.4 is 15.0 Å². The highest BCUT2D eigenvalue weighted by atomic mass is 16.5. The van der Waals surface area contributed by atoms with Gasteiger partial charge in [-0.1, -0.05) is 18.7 Å². The van der Waals surface area contributed by atoms with Crippen LogP contribution in [0.25, 0.3) is 32.9 Å². The number of likely N-dealkylation sites (tertiary alicyclic amines) is 1. The Bertz CT molecular complexity index is 2570. The molecule has 0 radical (unpaired) electrons. The second-order valence-electron chi connectivity index (χ2n) is 18.9. The standard InChI is InChI=1S/C49H54N8O4/c1-30-4-10-43(46(58)52-30)57-47(59)39-9-7-34(23-40(39)48(57)60)56-18-14-31(15-19-56)13-17-55-28-49(29-55)24-36(25-49)53(2)35-21-37(22-35)61-45-11-6-33(26-51-45)32-5-8-38-41-27-50-16-12-42(41)54(3)44(38)20-32/h5-9,11-12,16,20,23,26-27,31,35-37,43H,1,4,10,13-15,17-19,21-22,24-25,28-29H2,2-3H3,(H,52,58). The predicted molar refractivity (Wildman–Crippen MR) is 235 cm³/mol. The van der Waals surface area contributed by atoms with E-state index in [9.17, 15) is 14.4 Å². The van der Waals surface area contributed by atoms with Crippen LogP contribution in [0.3, 0.4) is 0 Å². The number of allylic oxidation sites excluding steroid dienone is 1. The molecule has 12 nitrogen and oxygen atoms in total. The number of benzene rings is 2. The minimum Gasteiger partial charge on any atom is -0.474 e. The number of hydrogen-bond acceptors (Lipinski definition) is 9. The molecule has 1 spiro atoms. The minimum atomic E-state index is -0.787. The maximum Gasteiger partial charge on any atom is 0.262 e. The summed E-state index contributed by atoms with van der Waals surface area (Å²) >= 11 is 0. The van der Waals surface area contributed by atoms with Crippen LogP contribution in [-0.2, 0) is 11.8 Å². The van der Waals surface area contributed by atoms with Crippen molar-refractivity contribution in [3.05, 3.63) is 96.6 Å². The van der Waals surface area contributed by atoms with E-state index < -0.39 is 6.04 Å². The van der Waals surface area contributed by atoms with Gasteiger partial charge in [-0.3, -0.25) is 24.3 Å². The highest BCUT2D eigenvalue weighted by Gasteiger charge is 2.54. The van der Waals surface area contributed by atoms with E-state index in [1.807, 2.05) is 36.8 Å². The van der Waals surface area contributed by atoms with Crippen LogP contribution in [0.5, 0.6) is 5.88 Å². The fourth-order valence-electron chi connectivity index (χ4n) is 11.4. The van der Waals surface area contributed by atoms with Gasteiger partial charge in [-0.05, 0) is 112 Å². The number of rotatable bonds is 10. The van der Waals surface area contributed by atoms with Gasteiger partial charge in [0.15, 0.2) is 0 Å². The molecule has 12 heteroatoms. The van der Waals surface area contributed by atoms with E-state index in [2.05, 4.69) is 80.6 Å². The number of carbonyl (C=O) groups excluding carboxylic acids is 3. The van der Waals surface area contributed by atoms with Gasteiger partial charge in [-0.2, -0.15) is 0 Å². The number of hydrogen-bond donors (Lipinski definition) is 1. The lowest BCUT2D eigenvalue weighted by molar-refractivity contribution is -0.125. The van der Waals surface area contributed by atoms with Crippen LogP contribution in [0.4, 0.5) is 5.69 Å². The summed E-state index contributed by atoms with van der Waals surface area (Å²) in [5, 5.41) is 5.09. The molecular formula is C49H54N8O4. The molecule has 5 aromatic rings. The summed E-state index contributed by atoms with van der Waals surface area (Å²) in [6, 6.07) is 18.8. The molecule has 1 unspecified atom stereocenters. The first-order valence-electron chi connectivity index (χ1n) is 22.2. The first-order chi connectivity index (χ1) is 29.6. The SMILES string of the molecule is C=C1CCC(N2C(=O)c3ccc(N4CCC(CCN5CC6(CC(N(C)C7CC(Oc8ccc(-c9ccc%10c%11cnccc%11n(C)c%10c9)cn8)C7)C6)C5)CC4)cc3C2=O)C(=O)N1. The monoisotopic (exact) mass is 818 g/mol. The molecule has 314 valence electrons. The van der Waals surface area contributed by atoms with Gasteiger partial charge in [-0.25, -0.2) is 4.98 Å². The Hall–Kier alpha value is -5.59. The second kappa shape index (κ2) is 14.8. The van der Waals surface area contributed by atoms with E-state index in [1.54, 1.807) is 6.07 Å². The van der Waals surface area contributed by atoms with Crippen molar-refractivity contribution in [3.8, 4) is 17.0 Å². The van der Waals surface area contributed by atoms with Crippen LogP contribution in [-0.4, -0.2) is 111 Å². The quantitative estimate of drug-likeness (QED) is 0.152. The molecule has 2 aromatic carbocycles. The molecular weight excluding hydrogens is 765 g/mol. The molecule has 1 atom stereocenters. The topological polar surface area (TPSA) is 116 Å². The van der Waals surface area contributed by atoms with Crippen LogP contribution >= 0.6 is 0 Å². The average Bonchev–Trinajstić information content (AvgIpc) is 3.65. The maximum absolute atomic E-state index is 13.4. The largest absolute Gasteiger partial charge is 0.474 e. The van der Waals surface area contributed by atoms with E-state index in [1.165, 1.54) is 60.7 Å². The minimum absolute atomic E-state index is 0.222. The van der Waals surface area contributed by atoms with E-state index in [4.69, 9.17) is 9.72 Å². The Kier molecular flexibility index (Phi) is 9.30. The van der Waals surface area contributed by atoms with Crippen molar-refractivity contribution in [3.63, 3.8) is 0 Å². The van der Waals surface area contributed by atoms with Gasteiger partial charge in [-0.15, -0.1) is 0 Å². The highest BCUT2D eigenvalue weighted by Crippen LogP contribution is 2.51. The van der Waals surface area contributed by atoms with Crippen LogP contribution in [0.2, 0.25) is 0 Å². The number of aromatic nitrogens is 3. The van der Waals surface area contributed by atoms with Crippen LogP contribution in [0.1, 0.15) is 78.5 Å². The van der Waals surface area contributed by atoms with Gasteiger partial charge >= 0.3 is 0 Å². The summed E-state index contributed by atoms with van der Waals surface area (Å²) in [6.07, 6.45) is 15.1. The number of fused-ring (bicyclic) bond motifs is 4. The molecule has 61 heavy (non-hydrogen) atoms. The fourth-order valence-corrected chi connectivity index (χ4v) is 11.4. The Labute approximate surface area is 356 Å². The lowest BCUT2D eigenvalue weighted by atomic mass is 9.59. The third kappa shape index (κ3) is 6.69. The van der Waals surface area contributed by atoms with Gasteiger partial charge in [0.2, 0.25) is 11.8 Å². The van der Waals surface area contributed by atoms with Crippen molar-refractivity contribution >= 4 is 45.2 Å². The summed E-state index contributed by atoms with van der Waals surface area (Å²) in [7, 11) is 4.43. The molecule has 3 amide bonds. The number of nitrogens with one attached hydrogen (secondary N) is 1. The Morgan fingerprint density at radius 2 is 1.66 bits per heavy atom. The van der Waals surface area contributed by atoms with E-state index in [0.29, 0.717) is 59.0 Å². The second-order valence-corrected chi connectivity index (χ2v) is 18.9. The number of aryl methyl sites for hydroxylation is 1. The first kappa shape index (κ1) is 38.3. The molecule has 2 aliphatic carbocycles. The molecule has 5 fully saturated rings. The Morgan fingerprint density at radius 1 is 0.869 bits per heavy atom. The van der Waals surface area contributed by atoms with Gasteiger partial charge < -0.3 is 29.3 Å². The number of piperidine rings is 2. The third-order valence-electron chi connectivity index (χ3n) is 15.2. The normalized spacial score (nSPS) is 24.3. The predicted octanol–water partition coefficient (Wildman–Crippen LogP) is 6.79. The number of amides is 3. The third-order valence-corrected chi connectivity index (χ3v) is 15.2. The van der Waals surface area contributed by atoms with Crippen molar-refractivity contribution in [1.29, 1.82) is 0 Å². The molecule has 1 N–H and O–H groups in total. The number of carbonyl (C=O) groups is 3. The Morgan fingerprint density at radius 3 is 2.43 bits per heavy atom. The summed E-state index contributed by atoms with van der Waals surface area (Å²) in [6.45, 7) is 9.35. The Balaban J connectivity index is 0.594. The van der Waals surface area contributed by atoms with E-state index in [0.717, 1.165) is 60.5 Å². The maximum atomic E-state index is 13.4. The number of ether oxygens (including phenoxy) is 1. The lowest BCUT2D eigenvalue weighted by Crippen LogP contribution is -2.67. The average molecular weight is 819 g/mol. The molecule has 7 heterocycles. The van der Waals surface area contributed by atoms with Gasteiger partial charge in [0.25, 0.3) is 11.8 Å². The van der Waals surface area contributed by atoms with Gasteiger partial charge in [0, 0.05) is 116 Å². The summed E-state index contributed by atoms with van der Waals surface area (Å²) in [5.41, 5.74) is 7.51. The molecule has 2 saturated carbocycles. The number of anilines is 1. The zero-order valence-corrected chi connectivity index (χ0v) is 35.2. The van der Waals surface area contributed by atoms with E-state index >= 15 is 0 Å². The summed E-state index contributed by atoms with van der Waals surface area (Å²) in [4.78, 5) is 57.0. The number of nitrogens with zero attached hydrogens (tertiary/aromatic N) is 7. The van der Waals surface area contributed by atoms with Crippen molar-refractivity contribution < 1.29 is 19.1 Å². The number of pyridine rings is 2. The van der Waals surface area contributed by atoms with Crippen molar-refractivity contribution in [1.82, 2.24) is 34.6 Å². The molecule has 0 bridgehead atoms. The zero-order valence-electron chi connectivity index (χ0n) is 35.2. The van der Waals surface area contributed by atoms with E-state index in [-0.39, 0.29) is 23.8 Å². The first-order valence-corrected chi connectivity index (χ1v) is 22.2. The van der Waals surface area contributed by atoms with Crippen molar-refractivity contribution in [2.75, 3.05) is 44.7 Å². The summed E-state index contributed by atoms with van der Waals surface area (Å²) < 4.78 is 8.56. The van der Waals surface area contributed by atoms with Crippen LogP contribution in [0, 0.1) is 11.3 Å². The van der Waals surface area contributed by atoms with Crippen LogP contribution in [0.15, 0.2) is 85.5 Å². The highest BCUT2D eigenvalue weighted by molar-refractivity contribution is 6.23. The molecule has 4 aliphatic heterocycles. The summed E-state index contributed by atoms with van der Waals surface area (Å²) in [5.74, 6) is 0.321. The van der Waals surface area contributed by atoms with Gasteiger partial charge in [0.05, 0.1) is 16.6 Å². The van der Waals surface area contributed by atoms with Crippen molar-refractivity contribution in [2.24, 2.45) is 18.4 Å². The number of imide groups is 1. The smallest absolute Gasteiger partial charge is 0.262 e. The molecule has 11 rings (SSSR count). The molecule has 3 aromatic heterocycles. The lowest BCUT2D eigenvalue weighted by Gasteiger charge is -2.62. The fraction of sp³-hybridized carbons (Fsp3) is 0.449. The zero-order chi connectivity index (χ0) is 41.6. The molecule has 3 saturated heterocycles. The van der Waals surface area contributed by atoms with Gasteiger partial charge in [0.1, 0.15) is 12.1 Å². The van der Waals surface area contributed by atoms with Crippen molar-refractivity contribution in [2.45, 2.75) is 82.0 Å². The molecule has 6 aliphatic rings.